The van der Waals surface area contributed by atoms with E-state index in [2.05, 4.69) is 10.7 Å². The summed E-state index contributed by atoms with van der Waals surface area (Å²) >= 11 is 0. The second-order valence-electron chi connectivity index (χ2n) is 4.77. The molecule has 2 unspecified atom stereocenters. The molecular formula is C13H17N3O2. The minimum absolute atomic E-state index is 0.127. The fraction of sp³-hybridized carbons (Fsp3) is 0.462. The molecule has 2 N–H and O–H groups in total. The third-order valence-corrected chi connectivity index (χ3v) is 3.82. The molecule has 5 heteroatoms. The van der Waals surface area contributed by atoms with Crippen molar-refractivity contribution in [2.24, 2.45) is 0 Å². The molecule has 96 valence electrons. The Balaban J connectivity index is 1.97. The molecule has 1 aromatic rings. The first kappa shape index (κ1) is 11.3. The van der Waals surface area contributed by atoms with Crippen molar-refractivity contribution in [3.05, 3.63) is 30.3 Å². The molecule has 1 heterocycles. The number of hydrogen-bond donors (Lipinski definition) is 2. The lowest BCUT2D eigenvalue weighted by Gasteiger charge is -2.46. The van der Waals surface area contributed by atoms with Gasteiger partial charge in [0.05, 0.1) is 11.7 Å². The Morgan fingerprint density at radius 2 is 2.17 bits per heavy atom. The summed E-state index contributed by atoms with van der Waals surface area (Å²) < 4.78 is 5.61. The number of benzene rings is 1. The predicted octanol–water partition coefficient (Wildman–Crippen LogP) is 1.62. The molecule has 0 bridgehead atoms. The van der Waals surface area contributed by atoms with Crippen molar-refractivity contribution < 1.29 is 9.53 Å². The third-order valence-electron chi connectivity index (χ3n) is 3.82. The van der Waals surface area contributed by atoms with Crippen LogP contribution in [0.2, 0.25) is 0 Å². The van der Waals surface area contributed by atoms with Crippen molar-refractivity contribution in [3.8, 4) is 0 Å². The molecule has 0 aromatic heterocycles. The quantitative estimate of drug-likeness (QED) is 0.835. The molecule has 0 radical (unpaired) electrons. The van der Waals surface area contributed by atoms with Gasteiger partial charge in [0.1, 0.15) is 0 Å². The summed E-state index contributed by atoms with van der Waals surface area (Å²) in [6.45, 7) is 0. The van der Waals surface area contributed by atoms with Gasteiger partial charge in [-0.3, -0.25) is 5.01 Å². The van der Waals surface area contributed by atoms with Crippen LogP contribution in [0.4, 0.5) is 10.5 Å². The largest absolute Gasteiger partial charge is 0.357 e. The van der Waals surface area contributed by atoms with Crippen molar-refractivity contribution in [1.29, 1.82) is 0 Å². The van der Waals surface area contributed by atoms with Gasteiger partial charge in [-0.1, -0.05) is 18.2 Å². The number of anilines is 1. The van der Waals surface area contributed by atoms with Crippen molar-refractivity contribution in [2.45, 2.75) is 31.0 Å². The Bertz CT molecular complexity index is 451. The van der Waals surface area contributed by atoms with E-state index < -0.39 is 5.72 Å². The van der Waals surface area contributed by atoms with Crippen molar-refractivity contribution in [1.82, 2.24) is 10.7 Å². The standard InChI is InChI=1S/C13H17N3O2/c1-18-13-9-5-8-11(13)16(15-12(17)14-13)10-6-3-2-4-7-10/h2-4,6-7,11H,5,8-9H2,1H3,(H2,14,15,17). The number of hydrazine groups is 1. The van der Waals surface area contributed by atoms with Gasteiger partial charge in [-0.25, -0.2) is 10.2 Å². The van der Waals surface area contributed by atoms with Crippen molar-refractivity contribution >= 4 is 11.7 Å². The van der Waals surface area contributed by atoms with E-state index in [0.717, 1.165) is 24.9 Å². The summed E-state index contributed by atoms with van der Waals surface area (Å²) in [6, 6.07) is 9.79. The second kappa shape index (κ2) is 4.17. The number of carbonyl (C=O) groups excluding carboxylic acids is 1. The minimum atomic E-state index is -0.557. The lowest BCUT2D eigenvalue weighted by atomic mass is 10.1. The van der Waals surface area contributed by atoms with Gasteiger partial charge >= 0.3 is 6.03 Å². The Kier molecular flexibility index (Phi) is 2.63. The van der Waals surface area contributed by atoms with E-state index in [0.29, 0.717) is 0 Å². The zero-order valence-electron chi connectivity index (χ0n) is 10.3. The van der Waals surface area contributed by atoms with E-state index in [4.69, 9.17) is 4.74 Å². The van der Waals surface area contributed by atoms with Crippen LogP contribution in [-0.2, 0) is 4.74 Å². The molecule has 1 aliphatic carbocycles. The van der Waals surface area contributed by atoms with E-state index in [1.165, 1.54) is 0 Å². The van der Waals surface area contributed by atoms with E-state index in [9.17, 15) is 4.79 Å². The van der Waals surface area contributed by atoms with Crippen LogP contribution in [0.3, 0.4) is 0 Å². The number of nitrogens with one attached hydrogen (secondary N) is 2. The van der Waals surface area contributed by atoms with Gasteiger partial charge in [0.25, 0.3) is 0 Å². The first-order valence-electron chi connectivity index (χ1n) is 6.23. The first-order chi connectivity index (χ1) is 8.75. The molecule has 2 aliphatic rings. The Morgan fingerprint density at radius 1 is 1.39 bits per heavy atom. The van der Waals surface area contributed by atoms with Gasteiger partial charge < -0.3 is 10.1 Å². The van der Waals surface area contributed by atoms with Crippen LogP contribution in [0, 0.1) is 0 Å². The van der Waals surface area contributed by atoms with Crippen LogP contribution in [0.15, 0.2) is 30.3 Å². The average Bonchev–Trinajstić information content (AvgIpc) is 2.83. The molecule has 0 spiro atoms. The summed E-state index contributed by atoms with van der Waals surface area (Å²) in [6.07, 6.45) is 2.89. The zero-order valence-corrected chi connectivity index (χ0v) is 10.3. The number of para-hydroxylation sites is 1. The maximum atomic E-state index is 11.8. The second-order valence-corrected chi connectivity index (χ2v) is 4.77. The van der Waals surface area contributed by atoms with Gasteiger partial charge in [-0.2, -0.15) is 0 Å². The van der Waals surface area contributed by atoms with Gasteiger partial charge in [0.15, 0.2) is 5.72 Å². The number of ether oxygens (including phenoxy) is 1. The monoisotopic (exact) mass is 247 g/mol. The van der Waals surface area contributed by atoms with Crippen LogP contribution in [0.25, 0.3) is 0 Å². The lowest BCUT2D eigenvalue weighted by molar-refractivity contribution is -0.0466. The fourth-order valence-corrected chi connectivity index (χ4v) is 2.97. The predicted molar refractivity (Wildman–Crippen MR) is 68.0 cm³/mol. The number of carbonyl (C=O) groups is 1. The van der Waals surface area contributed by atoms with E-state index >= 15 is 0 Å². The summed E-state index contributed by atoms with van der Waals surface area (Å²) in [5, 5.41) is 4.85. The minimum Gasteiger partial charge on any atom is -0.357 e. The molecule has 2 atom stereocenters. The summed E-state index contributed by atoms with van der Waals surface area (Å²) in [5.41, 5.74) is 3.30. The van der Waals surface area contributed by atoms with Crippen LogP contribution < -0.4 is 15.8 Å². The molecule has 1 aliphatic heterocycles. The van der Waals surface area contributed by atoms with Crippen LogP contribution >= 0.6 is 0 Å². The number of amides is 2. The highest BCUT2D eigenvalue weighted by Gasteiger charge is 2.51. The molecule has 1 saturated heterocycles. The van der Waals surface area contributed by atoms with Gasteiger partial charge in [-0.05, 0) is 31.4 Å². The number of hydrogen-bond acceptors (Lipinski definition) is 3. The molecule has 1 aromatic carbocycles. The summed E-state index contributed by atoms with van der Waals surface area (Å²) in [4.78, 5) is 11.8. The number of methoxy groups -OCH3 is 1. The number of fused-ring (bicyclic) bond motifs is 1. The Labute approximate surface area is 106 Å². The topological polar surface area (TPSA) is 53.6 Å². The fourth-order valence-electron chi connectivity index (χ4n) is 2.97. The maximum absolute atomic E-state index is 11.8. The molecule has 1 saturated carbocycles. The number of nitrogens with zero attached hydrogens (tertiary/aromatic N) is 1. The highest BCUT2D eigenvalue weighted by atomic mass is 16.5. The highest BCUT2D eigenvalue weighted by molar-refractivity contribution is 5.79. The average molecular weight is 247 g/mol. The lowest BCUT2D eigenvalue weighted by Crippen LogP contribution is -2.72. The van der Waals surface area contributed by atoms with Crippen LogP contribution in [0.5, 0.6) is 0 Å². The number of rotatable bonds is 2. The molecular weight excluding hydrogens is 230 g/mol. The van der Waals surface area contributed by atoms with Crippen LogP contribution in [0.1, 0.15) is 19.3 Å². The smallest absolute Gasteiger partial charge is 0.335 e. The van der Waals surface area contributed by atoms with Gasteiger partial charge in [-0.15, -0.1) is 0 Å². The maximum Gasteiger partial charge on any atom is 0.335 e. The van der Waals surface area contributed by atoms with Gasteiger partial charge in [0.2, 0.25) is 0 Å². The normalized spacial score (nSPS) is 30.6. The van der Waals surface area contributed by atoms with E-state index in [-0.39, 0.29) is 12.1 Å². The summed E-state index contributed by atoms with van der Waals surface area (Å²) in [7, 11) is 1.66. The molecule has 2 amide bonds. The summed E-state index contributed by atoms with van der Waals surface area (Å²) in [5.74, 6) is 0. The van der Waals surface area contributed by atoms with E-state index in [1.54, 1.807) is 7.11 Å². The van der Waals surface area contributed by atoms with Crippen LogP contribution in [-0.4, -0.2) is 24.9 Å². The Hall–Kier alpha value is -1.75. The van der Waals surface area contributed by atoms with E-state index in [1.807, 2.05) is 35.3 Å². The molecule has 3 rings (SSSR count). The van der Waals surface area contributed by atoms with Crippen molar-refractivity contribution in [3.63, 3.8) is 0 Å². The van der Waals surface area contributed by atoms with Crippen molar-refractivity contribution in [2.75, 3.05) is 12.1 Å². The highest BCUT2D eigenvalue weighted by Crippen LogP contribution is 2.37. The molecule has 2 fully saturated rings. The number of urea groups is 1. The van der Waals surface area contributed by atoms with Gasteiger partial charge in [0, 0.05) is 7.11 Å². The molecule has 18 heavy (non-hydrogen) atoms. The third kappa shape index (κ3) is 1.62. The first-order valence-corrected chi connectivity index (χ1v) is 6.23. The molecule has 5 nitrogen and oxygen atoms in total. The zero-order chi connectivity index (χ0) is 12.6. The Morgan fingerprint density at radius 3 is 2.89 bits per heavy atom. The SMILES string of the molecule is COC12CCCC1N(c1ccccc1)NC(=O)N2.